The van der Waals surface area contributed by atoms with E-state index in [1.807, 2.05) is 24.3 Å². The standard InChI is InChI=1S/C21H16BrN3O6S/c1-3-30-20(27)17-11(2)24-19(26)15(10-12-5-4-6-13(22)9-12)32-21(24)23-18(17)14-7-8-16(31-14)25(28)29/h4-10,18H,3H2,1-2H3/b15-10-/t18-/m0/s1. The molecule has 0 spiro atoms. The molecule has 0 radical (unpaired) electrons. The first-order chi connectivity index (χ1) is 15.3. The fraction of sp³-hybridized carbons (Fsp3) is 0.190. The highest BCUT2D eigenvalue weighted by molar-refractivity contribution is 9.10. The average Bonchev–Trinajstić information content (AvgIpc) is 3.34. The largest absolute Gasteiger partial charge is 0.463 e. The number of rotatable bonds is 5. The first kappa shape index (κ1) is 21.9. The van der Waals surface area contributed by atoms with Crippen LogP contribution in [0.25, 0.3) is 11.8 Å². The summed E-state index contributed by atoms with van der Waals surface area (Å²) in [6, 6.07) is 9.10. The fourth-order valence-corrected chi connectivity index (χ4v) is 4.81. The molecular weight excluding hydrogens is 502 g/mol. The number of allylic oxidation sites excluding steroid dienone is 1. The van der Waals surface area contributed by atoms with Crippen molar-refractivity contribution in [3.8, 4) is 0 Å². The summed E-state index contributed by atoms with van der Waals surface area (Å²) in [5, 5.41) is 11.0. The molecule has 11 heteroatoms. The number of carbonyl (C=O) groups is 1. The van der Waals surface area contributed by atoms with Crippen molar-refractivity contribution in [2.24, 2.45) is 4.99 Å². The molecule has 3 aromatic rings. The number of ether oxygens (including phenoxy) is 1. The zero-order chi connectivity index (χ0) is 23.0. The third kappa shape index (κ3) is 3.96. The highest BCUT2D eigenvalue weighted by Crippen LogP contribution is 2.34. The summed E-state index contributed by atoms with van der Waals surface area (Å²) >= 11 is 4.57. The normalized spacial score (nSPS) is 16.0. The molecule has 0 aliphatic carbocycles. The number of benzene rings is 1. The zero-order valence-corrected chi connectivity index (χ0v) is 19.3. The van der Waals surface area contributed by atoms with Crippen LogP contribution in [0, 0.1) is 10.1 Å². The lowest BCUT2D eigenvalue weighted by atomic mass is 10.0. The first-order valence-corrected chi connectivity index (χ1v) is 11.1. The molecule has 0 N–H and O–H groups in total. The molecule has 3 heterocycles. The summed E-state index contributed by atoms with van der Waals surface area (Å²) < 4.78 is 13.1. The Hall–Kier alpha value is -3.31. The van der Waals surface area contributed by atoms with Gasteiger partial charge in [-0.25, -0.2) is 9.79 Å². The van der Waals surface area contributed by atoms with E-state index in [1.54, 1.807) is 19.9 Å². The molecule has 1 aromatic carbocycles. The summed E-state index contributed by atoms with van der Waals surface area (Å²) in [5.41, 5.74) is 0.933. The molecule has 1 atom stereocenters. The van der Waals surface area contributed by atoms with Crippen LogP contribution in [0.3, 0.4) is 0 Å². The van der Waals surface area contributed by atoms with Crippen LogP contribution >= 0.6 is 27.3 Å². The third-order valence-electron chi connectivity index (χ3n) is 4.75. The van der Waals surface area contributed by atoms with Gasteiger partial charge in [-0.15, -0.1) is 0 Å². The molecule has 0 saturated carbocycles. The van der Waals surface area contributed by atoms with Crippen molar-refractivity contribution in [2.75, 3.05) is 6.61 Å². The number of nitrogens with zero attached hydrogens (tertiary/aromatic N) is 3. The smallest absolute Gasteiger partial charge is 0.433 e. The average molecular weight is 518 g/mol. The number of thiazole rings is 1. The highest BCUT2D eigenvalue weighted by atomic mass is 79.9. The number of furan rings is 1. The van der Waals surface area contributed by atoms with E-state index >= 15 is 0 Å². The summed E-state index contributed by atoms with van der Waals surface area (Å²) in [4.78, 5) is 41.2. The summed E-state index contributed by atoms with van der Waals surface area (Å²) in [7, 11) is 0. The van der Waals surface area contributed by atoms with Crippen LogP contribution in [-0.2, 0) is 9.53 Å². The number of hydrogen-bond acceptors (Lipinski definition) is 8. The maximum atomic E-state index is 13.1. The number of halogens is 1. The Morgan fingerprint density at radius 3 is 2.84 bits per heavy atom. The van der Waals surface area contributed by atoms with E-state index in [-0.39, 0.29) is 23.5 Å². The molecule has 0 unspecified atom stereocenters. The van der Waals surface area contributed by atoms with Gasteiger partial charge in [-0.2, -0.15) is 0 Å². The van der Waals surface area contributed by atoms with Crippen LogP contribution < -0.4 is 14.9 Å². The van der Waals surface area contributed by atoms with Crippen molar-refractivity contribution in [1.82, 2.24) is 4.57 Å². The maximum Gasteiger partial charge on any atom is 0.433 e. The van der Waals surface area contributed by atoms with Gasteiger partial charge >= 0.3 is 11.9 Å². The van der Waals surface area contributed by atoms with E-state index in [2.05, 4.69) is 20.9 Å². The second-order valence-electron chi connectivity index (χ2n) is 6.77. The van der Waals surface area contributed by atoms with Gasteiger partial charge in [0.1, 0.15) is 16.7 Å². The minimum absolute atomic E-state index is 0.0949. The van der Waals surface area contributed by atoms with E-state index in [9.17, 15) is 19.7 Å². The molecule has 9 nitrogen and oxygen atoms in total. The monoisotopic (exact) mass is 517 g/mol. The van der Waals surface area contributed by atoms with Crippen LogP contribution in [0.5, 0.6) is 0 Å². The lowest BCUT2D eigenvalue weighted by molar-refractivity contribution is -0.402. The summed E-state index contributed by atoms with van der Waals surface area (Å²) in [5.74, 6) is -1.02. The van der Waals surface area contributed by atoms with E-state index in [1.165, 1.54) is 16.7 Å². The number of hydrogen-bond donors (Lipinski definition) is 0. The SMILES string of the molecule is CCOC(=O)C1=C(C)n2c(s/c(=C\c3cccc(Br)c3)c2=O)=N[C@H]1c1ccc([N+](=O)[O-])o1. The van der Waals surface area contributed by atoms with Crippen LogP contribution in [0.1, 0.15) is 31.2 Å². The van der Waals surface area contributed by atoms with Crippen molar-refractivity contribution >= 4 is 50.9 Å². The molecule has 1 aliphatic rings. The Morgan fingerprint density at radius 1 is 1.41 bits per heavy atom. The molecule has 0 amide bonds. The molecule has 164 valence electrons. The van der Waals surface area contributed by atoms with Crippen molar-refractivity contribution in [1.29, 1.82) is 0 Å². The van der Waals surface area contributed by atoms with E-state index in [0.29, 0.717) is 15.0 Å². The van der Waals surface area contributed by atoms with Gasteiger partial charge in [0.2, 0.25) is 0 Å². The molecule has 1 aliphatic heterocycles. The molecule has 2 aromatic heterocycles. The van der Waals surface area contributed by atoms with Gasteiger partial charge in [-0.05, 0) is 43.7 Å². The van der Waals surface area contributed by atoms with Crippen molar-refractivity contribution < 1.29 is 18.9 Å². The van der Waals surface area contributed by atoms with Gasteiger partial charge in [0.15, 0.2) is 4.80 Å². The van der Waals surface area contributed by atoms with E-state index in [4.69, 9.17) is 9.15 Å². The molecular formula is C21H16BrN3O6S. The second-order valence-corrected chi connectivity index (χ2v) is 8.70. The van der Waals surface area contributed by atoms with Crippen molar-refractivity contribution in [3.05, 3.63) is 87.6 Å². The topological polar surface area (TPSA) is 117 Å². The van der Waals surface area contributed by atoms with Gasteiger partial charge in [-0.3, -0.25) is 19.5 Å². The molecule has 4 rings (SSSR count). The minimum Gasteiger partial charge on any atom is -0.463 e. The van der Waals surface area contributed by atoms with Crippen LogP contribution in [0.15, 0.2) is 60.6 Å². The molecule has 0 saturated heterocycles. The molecule has 0 fully saturated rings. The van der Waals surface area contributed by atoms with Crippen LogP contribution in [0.2, 0.25) is 0 Å². The third-order valence-corrected chi connectivity index (χ3v) is 6.22. The van der Waals surface area contributed by atoms with Crippen molar-refractivity contribution in [2.45, 2.75) is 19.9 Å². The molecule has 32 heavy (non-hydrogen) atoms. The zero-order valence-electron chi connectivity index (χ0n) is 16.9. The Labute approximate surface area is 193 Å². The number of aromatic nitrogens is 1. The number of fused-ring (bicyclic) bond motifs is 1. The van der Waals surface area contributed by atoms with Crippen LogP contribution in [-0.4, -0.2) is 22.1 Å². The second kappa shape index (κ2) is 8.67. The quantitative estimate of drug-likeness (QED) is 0.291. The van der Waals surface area contributed by atoms with E-state index < -0.39 is 22.8 Å². The number of esters is 1. The van der Waals surface area contributed by atoms with Gasteiger partial charge in [0, 0.05) is 10.2 Å². The van der Waals surface area contributed by atoms with Gasteiger partial charge < -0.3 is 9.15 Å². The van der Waals surface area contributed by atoms with Crippen LogP contribution in [0.4, 0.5) is 5.88 Å². The lowest BCUT2D eigenvalue weighted by Crippen LogP contribution is -2.35. The maximum absolute atomic E-state index is 13.1. The molecule has 0 bridgehead atoms. The predicted octanol–water partition coefficient (Wildman–Crippen LogP) is 3.17. The lowest BCUT2D eigenvalue weighted by Gasteiger charge is -2.20. The first-order valence-electron chi connectivity index (χ1n) is 9.49. The Balaban J connectivity index is 1.94. The van der Waals surface area contributed by atoms with Gasteiger partial charge in [-0.1, -0.05) is 39.4 Å². The number of carbonyl (C=O) groups excluding carboxylic acids is 1. The predicted molar refractivity (Wildman–Crippen MR) is 121 cm³/mol. The van der Waals surface area contributed by atoms with Crippen molar-refractivity contribution in [3.63, 3.8) is 0 Å². The summed E-state index contributed by atoms with van der Waals surface area (Å²) in [6.07, 6.45) is 1.74. The Bertz CT molecular complexity index is 1450. The highest BCUT2D eigenvalue weighted by Gasteiger charge is 2.34. The Morgan fingerprint density at radius 2 is 2.19 bits per heavy atom. The minimum atomic E-state index is -0.973. The van der Waals surface area contributed by atoms with E-state index in [0.717, 1.165) is 21.4 Å². The van der Waals surface area contributed by atoms with Gasteiger partial charge in [0.05, 0.1) is 22.8 Å². The fourth-order valence-electron chi connectivity index (χ4n) is 3.36. The van der Waals surface area contributed by atoms with Gasteiger partial charge in [0.25, 0.3) is 5.56 Å². The Kier molecular flexibility index (Phi) is 5.94. The summed E-state index contributed by atoms with van der Waals surface area (Å²) in [6.45, 7) is 3.40. The number of nitro groups is 1.